The van der Waals surface area contributed by atoms with Gasteiger partial charge in [0.2, 0.25) is 0 Å². The fraction of sp³-hybridized carbons (Fsp3) is 1.00. The van der Waals surface area contributed by atoms with Crippen molar-refractivity contribution in [3.63, 3.8) is 0 Å². The van der Waals surface area contributed by atoms with Crippen LogP contribution in [0.4, 0.5) is 0 Å². The van der Waals surface area contributed by atoms with Crippen molar-refractivity contribution in [3.8, 4) is 0 Å². The van der Waals surface area contributed by atoms with Gasteiger partial charge in [0.15, 0.2) is 0 Å². The summed E-state index contributed by atoms with van der Waals surface area (Å²) in [7, 11) is 2.32. The van der Waals surface area contributed by atoms with E-state index in [0.717, 1.165) is 23.7 Å². The van der Waals surface area contributed by atoms with Crippen molar-refractivity contribution in [2.45, 2.75) is 98.1 Å². The summed E-state index contributed by atoms with van der Waals surface area (Å²) in [5.74, 6) is 3.59. The molecule has 0 bridgehead atoms. The molecule has 2 saturated heterocycles. The van der Waals surface area contributed by atoms with Crippen LogP contribution in [-0.2, 0) is 0 Å². The average molecular weight is 351 g/mol. The molecule has 0 amide bonds. The Kier molecular flexibility index (Phi) is 7.04. The molecule has 1 atom stereocenters. The predicted molar refractivity (Wildman–Crippen MR) is 111 cm³/mol. The molecule has 0 aliphatic carbocycles. The van der Waals surface area contributed by atoms with E-state index in [0.29, 0.717) is 11.1 Å². The minimum atomic E-state index is 0.333. The lowest BCUT2D eigenvalue weighted by Crippen LogP contribution is -2.59. The molecule has 2 aliphatic heterocycles. The Morgan fingerprint density at radius 3 is 1.88 bits per heavy atom. The minimum Gasteiger partial charge on any atom is -0.303 e. The van der Waals surface area contributed by atoms with Crippen molar-refractivity contribution in [1.82, 2.24) is 9.80 Å². The van der Waals surface area contributed by atoms with Crippen molar-refractivity contribution < 1.29 is 0 Å². The fourth-order valence-corrected chi connectivity index (χ4v) is 5.57. The highest BCUT2D eigenvalue weighted by molar-refractivity contribution is 4.99. The normalized spacial score (nSPS) is 27.7. The summed E-state index contributed by atoms with van der Waals surface area (Å²) in [6.07, 6.45) is 8.35. The lowest BCUT2D eigenvalue weighted by Gasteiger charge is -2.55. The summed E-state index contributed by atoms with van der Waals surface area (Å²) in [6.45, 7) is 21.1. The first-order valence-corrected chi connectivity index (χ1v) is 11.0. The van der Waals surface area contributed by atoms with Gasteiger partial charge in [0, 0.05) is 11.1 Å². The Labute approximate surface area is 158 Å². The van der Waals surface area contributed by atoms with Crippen LogP contribution in [0.25, 0.3) is 0 Å². The van der Waals surface area contributed by atoms with Gasteiger partial charge in [-0.05, 0) is 117 Å². The van der Waals surface area contributed by atoms with Gasteiger partial charge in [0.25, 0.3) is 0 Å². The number of likely N-dealkylation sites (tertiary alicyclic amines) is 2. The maximum absolute atomic E-state index is 2.73. The van der Waals surface area contributed by atoms with Gasteiger partial charge in [0.1, 0.15) is 0 Å². The van der Waals surface area contributed by atoms with Crippen LogP contribution < -0.4 is 0 Å². The maximum atomic E-state index is 2.73. The van der Waals surface area contributed by atoms with Crippen molar-refractivity contribution >= 4 is 0 Å². The van der Waals surface area contributed by atoms with Crippen LogP contribution >= 0.6 is 0 Å². The second-order valence-electron chi connectivity index (χ2n) is 10.9. The van der Waals surface area contributed by atoms with E-state index in [1.165, 1.54) is 58.2 Å². The topological polar surface area (TPSA) is 6.48 Å². The van der Waals surface area contributed by atoms with Crippen LogP contribution in [0.15, 0.2) is 0 Å². The van der Waals surface area contributed by atoms with Crippen LogP contribution in [0.5, 0.6) is 0 Å². The van der Waals surface area contributed by atoms with Gasteiger partial charge >= 0.3 is 0 Å². The summed E-state index contributed by atoms with van der Waals surface area (Å²) in [6, 6.07) is 0. The molecule has 0 aromatic rings. The summed E-state index contributed by atoms with van der Waals surface area (Å²) in [4.78, 5) is 5.34. The van der Waals surface area contributed by atoms with Crippen molar-refractivity contribution in [1.29, 1.82) is 0 Å². The van der Waals surface area contributed by atoms with Crippen LogP contribution in [-0.4, -0.2) is 47.6 Å². The molecule has 2 fully saturated rings. The highest BCUT2D eigenvalue weighted by Crippen LogP contribution is 2.43. The summed E-state index contributed by atoms with van der Waals surface area (Å²) in [5.41, 5.74) is 0.665. The zero-order valence-electron chi connectivity index (χ0n) is 18.6. The lowest BCUT2D eigenvalue weighted by atomic mass is 9.69. The molecule has 0 aromatic heterocycles. The van der Waals surface area contributed by atoms with Crippen LogP contribution in [0.3, 0.4) is 0 Å². The number of nitrogens with zero attached hydrogens (tertiary/aromatic N) is 2. The van der Waals surface area contributed by atoms with Crippen LogP contribution in [0, 0.1) is 23.7 Å². The third kappa shape index (κ3) is 5.45. The molecule has 0 spiro atoms. The quantitative estimate of drug-likeness (QED) is 0.609. The number of piperidine rings is 2. The predicted octanol–water partition coefficient (Wildman–Crippen LogP) is 5.67. The van der Waals surface area contributed by atoms with Crippen molar-refractivity contribution in [2.75, 3.05) is 26.7 Å². The highest BCUT2D eigenvalue weighted by Gasteiger charge is 2.44. The van der Waals surface area contributed by atoms with E-state index in [9.17, 15) is 0 Å². The monoisotopic (exact) mass is 350 g/mol. The van der Waals surface area contributed by atoms with E-state index in [-0.39, 0.29) is 0 Å². The van der Waals surface area contributed by atoms with Gasteiger partial charge in [-0.25, -0.2) is 0 Å². The summed E-state index contributed by atoms with van der Waals surface area (Å²) < 4.78 is 0. The van der Waals surface area contributed by atoms with Gasteiger partial charge in [-0.2, -0.15) is 0 Å². The number of hydrogen-bond acceptors (Lipinski definition) is 2. The first-order chi connectivity index (χ1) is 11.5. The third-order valence-electron chi connectivity index (χ3n) is 7.85. The van der Waals surface area contributed by atoms with E-state index in [2.05, 4.69) is 65.3 Å². The molecule has 2 nitrogen and oxygen atoms in total. The van der Waals surface area contributed by atoms with Gasteiger partial charge in [0.05, 0.1) is 0 Å². The first kappa shape index (κ1) is 21.2. The van der Waals surface area contributed by atoms with E-state index >= 15 is 0 Å². The van der Waals surface area contributed by atoms with Crippen LogP contribution in [0.2, 0.25) is 0 Å². The molecule has 148 valence electrons. The molecule has 2 heteroatoms. The molecular weight excluding hydrogens is 304 g/mol. The SMILES string of the molecule is CC(C)C1CCN(CCCC(C)C2CC(C)(C)N(C)C(C)(C)C2)CC1. The molecule has 0 aromatic carbocycles. The Bertz CT molecular complexity index is 386. The molecule has 25 heavy (non-hydrogen) atoms. The average Bonchev–Trinajstić information content (AvgIpc) is 2.52. The second kappa shape index (κ2) is 8.30. The molecular formula is C23H46N2. The summed E-state index contributed by atoms with van der Waals surface area (Å²) >= 11 is 0. The molecule has 1 unspecified atom stereocenters. The lowest BCUT2D eigenvalue weighted by molar-refractivity contribution is -0.0435. The van der Waals surface area contributed by atoms with E-state index < -0.39 is 0 Å². The molecule has 0 N–H and O–H groups in total. The molecule has 2 heterocycles. The Morgan fingerprint density at radius 1 is 0.880 bits per heavy atom. The van der Waals surface area contributed by atoms with E-state index in [1.54, 1.807) is 0 Å². The number of hydrogen-bond donors (Lipinski definition) is 0. The highest BCUT2D eigenvalue weighted by atomic mass is 15.2. The summed E-state index contributed by atoms with van der Waals surface area (Å²) in [5, 5.41) is 0. The van der Waals surface area contributed by atoms with Gasteiger partial charge < -0.3 is 4.90 Å². The Hall–Kier alpha value is -0.0800. The Morgan fingerprint density at radius 2 is 1.40 bits per heavy atom. The molecule has 2 aliphatic rings. The smallest absolute Gasteiger partial charge is 0.0158 e. The molecule has 2 rings (SSSR count). The van der Waals surface area contributed by atoms with Crippen molar-refractivity contribution in [3.05, 3.63) is 0 Å². The zero-order chi connectivity index (χ0) is 18.8. The maximum Gasteiger partial charge on any atom is 0.0158 e. The number of rotatable bonds is 6. The molecule has 0 radical (unpaired) electrons. The fourth-order valence-electron chi connectivity index (χ4n) is 5.57. The third-order valence-corrected chi connectivity index (χ3v) is 7.85. The Balaban J connectivity index is 1.75. The van der Waals surface area contributed by atoms with E-state index in [1.807, 2.05) is 0 Å². The van der Waals surface area contributed by atoms with Gasteiger partial charge in [-0.3, -0.25) is 4.90 Å². The van der Waals surface area contributed by atoms with Gasteiger partial charge in [-0.15, -0.1) is 0 Å². The standard InChI is InChI=1S/C23H46N2/c1-18(2)20-11-14-25(15-12-20)13-9-10-19(3)21-16-22(4,5)24(8)23(6,7)17-21/h18-21H,9-17H2,1-8H3. The van der Waals surface area contributed by atoms with Crippen LogP contribution in [0.1, 0.15) is 87.0 Å². The second-order valence-corrected chi connectivity index (χ2v) is 10.9. The largest absolute Gasteiger partial charge is 0.303 e. The molecule has 0 saturated carbocycles. The van der Waals surface area contributed by atoms with Gasteiger partial charge in [-0.1, -0.05) is 20.8 Å². The minimum absolute atomic E-state index is 0.333. The van der Waals surface area contributed by atoms with Crippen molar-refractivity contribution in [2.24, 2.45) is 23.7 Å². The first-order valence-electron chi connectivity index (χ1n) is 11.0. The zero-order valence-corrected chi connectivity index (χ0v) is 18.6. The van der Waals surface area contributed by atoms with E-state index in [4.69, 9.17) is 0 Å².